The van der Waals surface area contributed by atoms with Gasteiger partial charge < -0.3 is 10.2 Å². The van der Waals surface area contributed by atoms with Crippen LogP contribution in [0.15, 0.2) is 29.2 Å². The molecule has 25 heavy (non-hydrogen) atoms. The number of aliphatic hydroxyl groups excluding tert-OH is 2. The maximum atomic E-state index is 12.4. The van der Waals surface area contributed by atoms with Crippen molar-refractivity contribution < 1.29 is 10.2 Å². The van der Waals surface area contributed by atoms with Crippen LogP contribution in [0.1, 0.15) is 37.4 Å². The van der Waals surface area contributed by atoms with Crippen molar-refractivity contribution in [3.05, 3.63) is 46.0 Å². The van der Waals surface area contributed by atoms with Gasteiger partial charge in [-0.15, -0.1) is 0 Å². The Hall–Kier alpha value is -1.76. The first-order valence-electron chi connectivity index (χ1n) is 8.97. The third-order valence-corrected chi connectivity index (χ3v) is 5.27. The smallest absolute Gasteiger partial charge is 0.258 e. The summed E-state index contributed by atoms with van der Waals surface area (Å²) in [6.45, 7) is 5.90. The van der Waals surface area contributed by atoms with Crippen molar-refractivity contribution in [3.8, 4) is 0 Å². The number of aliphatic hydroxyl groups is 2. The zero-order chi connectivity index (χ0) is 18.0. The molecule has 6 heteroatoms. The monoisotopic (exact) mass is 345 g/mol. The molecule has 0 aliphatic carbocycles. The normalized spacial score (nSPS) is 24.7. The summed E-state index contributed by atoms with van der Waals surface area (Å²) in [5.41, 5.74) is 1.83. The van der Waals surface area contributed by atoms with Crippen LogP contribution in [0.4, 0.5) is 0 Å². The molecule has 0 spiro atoms. The molecule has 0 amide bonds. The van der Waals surface area contributed by atoms with Crippen LogP contribution in [0.3, 0.4) is 0 Å². The van der Waals surface area contributed by atoms with Crippen LogP contribution < -0.4 is 5.56 Å². The Kier molecular flexibility index (Phi) is 5.22. The summed E-state index contributed by atoms with van der Waals surface area (Å²) in [5.74, 6) is 0. The first-order valence-corrected chi connectivity index (χ1v) is 8.97. The molecule has 0 aromatic carbocycles. The molecule has 1 fully saturated rings. The minimum absolute atomic E-state index is 0.0222. The van der Waals surface area contributed by atoms with E-state index in [1.54, 1.807) is 16.7 Å². The molecule has 2 aromatic rings. The molecule has 3 rings (SSSR count). The topological polar surface area (TPSA) is 78.1 Å². The van der Waals surface area contributed by atoms with E-state index in [-0.39, 0.29) is 12.2 Å². The first kappa shape index (κ1) is 18.0. The number of aromatic nitrogens is 2. The van der Waals surface area contributed by atoms with E-state index < -0.39 is 11.5 Å². The predicted molar refractivity (Wildman–Crippen MR) is 96.5 cm³/mol. The Balaban J connectivity index is 1.83. The fourth-order valence-corrected chi connectivity index (χ4v) is 3.92. The molecule has 1 aliphatic heterocycles. The largest absolute Gasteiger partial charge is 0.396 e. The van der Waals surface area contributed by atoms with Crippen LogP contribution in [-0.4, -0.2) is 50.3 Å². The van der Waals surface area contributed by atoms with Crippen molar-refractivity contribution in [2.75, 3.05) is 19.7 Å². The molecule has 1 saturated heterocycles. The highest BCUT2D eigenvalue weighted by atomic mass is 16.3. The molecule has 3 heterocycles. The van der Waals surface area contributed by atoms with E-state index in [2.05, 4.69) is 16.8 Å². The third-order valence-electron chi connectivity index (χ3n) is 5.27. The fourth-order valence-electron chi connectivity index (χ4n) is 3.92. The molecule has 2 atom stereocenters. The Morgan fingerprint density at radius 3 is 2.92 bits per heavy atom. The number of fused-ring (bicyclic) bond motifs is 1. The van der Waals surface area contributed by atoms with Gasteiger partial charge in [-0.3, -0.25) is 14.1 Å². The maximum Gasteiger partial charge on any atom is 0.258 e. The van der Waals surface area contributed by atoms with Gasteiger partial charge in [0.1, 0.15) is 5.65 Å². The van der Waals surface area contributed by atoms with Crippen molar-refractivity contribution >= 4 is 5.65 Å². The van der Waals surface area contributed by atoms with E-state index in [9.17, 15) is 15.0 Å². The number of hydrogen-bond donors (Lipinski definition) is 2. The Bertz CT molecular complexity index is 804. The van der Waals surface area contributed by atoms with E-state index in [0.29, 0.717) is 25.2 Å². The van der Waals surface area contributed by atoms with Crippen LogP contribution in [0.2, 0.25) is 0 Å². The molecular formula is C19H27N3O3. The van der Waals surface area contributed by atoms with Gasteiger partial charge in [0.25, 0.3) is 5.56 Å². The van der Waals surface area contributed by atoms with Crippen molar-refractivity contribution in [2.24, 2.45) is 5.41 Å². The molecule has 0 radical (unpaired) electrons. The quantitative estimate of drug-likeness (QED) is 0.855. The molecule has 1 aliphatic rings. The number of rotatable bonds is 5. The fraction of sp³-hybridized carbons (Fsp3) is 0.579. The highest BCUT2D eigenvalue weighted by Gasteiger charge is 2.41. The van der Waals surface area contributed by atoms with E-state index in [0.717, 1.165) is 30.6 Å². The van der Waals surface area contributed by atoms with Crippen LogP contribution in [0.25, 0.3) is 5.65 Å². The Morgan fingerprint density at radius 1 is 1.40 bits per heavy atom. The van der Waals surface area contributed by atoms with E-state index in [1.165, 1.54) is 0 Å². The molecular weight excluding hydrogens is 318 g/mol. The number of nitrogens with zero attached hydrogens (tertiary/aromatic N) is 3. The Morgan fingerprint density at radius 2 is 2.20 bits per heavy atom. The van der Waals surface area contributed by atoms with Crippen LogP contribution >= 0.6 is 0 Å². The van der Waals surface area contributed by atoms with Gasteiger partial charge in [-0.25, -0.2) is 4.98 Å². The van der Waals surface area contributed by atoms with Crippen LogP contribution in [0.5, 0.6) is 0 Å². The number of pyridine rings is 1. The number of aryl methyl sites for hydroxylation is 1. The summed E-state index contributed by atoms with van der Waals surface area (Å²) in [6.07, 6.45) is 3.65. The highest BCUT2D eigenvalue weighted by molar-refractivity contribution is 5.39. The summed E-state index contributed by atoms with van der Waals surface area (Å²) in [6, 6.07) is 5.38. The number of hydrogen-bond acceptors (Lipinski definition) is 5. The zero-order valence-corrected chi connectivity index (χ0v) is 15.0. The van der Waals surface area contributed by atoms with Gasteiger partial charge in [0.2, 0.25) is 0 Å². The SMILES string of the molecule is CCC[C@]1(CO)CN(Cc2cc(=O)n3cc(C)ccc3n2)CC[C@H]1O. The number of piperidine rings is 1. The van der Waals surface area contributed by atoms with E-state index >= 15 is 0 Å². The van der Waals surface area contributed by atoms with Crippen molar-refractivity contribution in [3.63, 3.8) is 0 Å². The van der Waals surface area contributed by atoms with E-state index in [4.69, 9.17) is 0 Å². The second kappa shape index (κ2) is 7.23. The van der Waals surface area contributed by atoms with Gasteiger partial charge >= 0.3 is 0 Å². The molecule has 0 saturated carbocycles. The lowest BCUT2D eigenvalue weighted by Crippen LogP contribution is -2.53. The highest BCUT2D eigenvalue weighted by Crippen LogP contribution is 2.35. The molecule has 6 nitrogen and oxygen atoms in total. The average Bonchev–Trinajstić information content (AvgIpc) is 2.59. The van der Waals surface area contributed by atoms with E-state index in [1.807, 2.05) is 19.1 Å². The maximum absolute atomic E-state index is 12.4. The molecule has 136 valence electrons. The third kappa shape index (κ3) is 3.61. The molecule has 2 aromatic heterocycles. The second-order valence-electron chi connectivity index (χ2n) is 7.31. The summed E-state index contributed by atoms with van der Waals surface area (Å²) in [7, 11) is 0. The lowest BCUT2D eigenvalue weighted by Gasteiger charge is -2.45. The van der Waals surface area contributed by atoms with Gasteiger partial charge in [-0.05, 0) is 31.4 Å². The van der Waals surface area contributed by atoms with Crippen LogP contribution in [0, 0.1) is 12.3 Å². The predicted octanol–water partition coefficient (Wildman–Crippen LogP) is 1.35. The van der Waals surface area contributed by atoms with Crippen molar-refractivity contribution in [2.45, 2.75) is 45.8 Å². The summed E-state index contributed by atoms with van der Waals surface area (Å²) >= 11 is 0. The minimum atomic E-state index is -0.480. The molecule has 0 unspecified atom stereocenters. The summed E-state index contributed by atoms with van der Waals surface area (Å²) < 4.78 is 1.56. The van der Waals surface area contributed by atoms with Gasteiger partial charge in [-0.1, -0.05) is 19.4 Å². The number of likely N-dealkylation sites (tertiary alicyclic amines) is 1. The minimum Gasteiger partial charge on any atom is -0.396 e. The van der Waals surface area contributed by atoms with Gasteiger partial charge in [0, 0.05) is 37.3 Å². The summed E-state index contributed by atoms with van der Waals surface area (Å²) in [4.78, 5) is 19.1. The standard InChI is InChI=1S/C19H27N3O3/c1-3-7-19(13-23)12-21(8-6-16(19)24)11-15-9-18(25)22-10-14(2)4-5-17(22)20-15/h4-5,9-10,16,23-24H,3,6-8,11-13H2,1-2H3/t16-,19-/m1/s1. The van der Waals surface area contributed by atoms with Gasteiger partial charge in [-0.2, -0.15) is 0 Å². The lowest BCUT2D eigenvalue weighted by atomic mass is 9.74. The van der Waals surface area contributed by atoms with Gasteiger partial charge in [0.05, 0.1) is 18.4 Å². The second-order valence-corrected chi connectivity index (χ2v) is 7.31. The Labute approximate surface area is 147 Å². The van der Waals surface area contributed by atoms with Gasteiger partial charge in [0.15, 0.2) is 0 Å². The average molecular weight is 345 g/mol. The molecule has 0 bridgehead atoms. The molecule has 2 N–H and O–H groups in total. The van der Waals surface area contributed by atoms with Crippen LogP contribution in [-0.2, 0) is 6.54 Å². The van der Waals surface area contributed by atoms with Crippen molar-refractivity contribution in [1.29, 1.82) is 0 Å². The zero-order valence-electron chi connectivity index (χ0n) is 15.0. The van der Waals surface area contributed by atoms with Crippen molar-refractivity contribution in [1.82, 2.24) is 14.3 Å². The lowest BCUT2D eigenvalue weighted by molar-refractivity contribution is -0.0821. The summed E-state index contributed by atoms with van der Waals surface area (Å²) in [5, 5.41) is 20.3. The first-order chi connectivity index (χ1) is 12.0.